The first-order chi connectivity index (χ1) is 11.2. The number of hydrogen-bond donors (Lipinski definition) is 2. The molecule has 0 bridgehead atoms. The Morgan fingerprint density at radius 2 is 1.92 bits per heavy atom. The van der Waals surface area contributed by atoms with Crippen LogP contribution in [0.1, 0.15) is 12.8 Å². The highest BCUT2D eigenvalue weighted by atomic mass is 127. The van der Waals surface area contributed by atoms with Gasteiger partial charge in [-0.05, 0) is 24.8 Å². The van der Waals surface area contributed by atoms with Crippen LogP contribution in [0.25, 0.3) is 0 Å². The van der Waals surface area contributed by atoms with Crippen molar-refractivity contribution in [2.24, 2.45) is 16.6 Å². The summed E-state index contributed by atoms with van der Waals surface area (Å²) in [5.74, 6) is 1.78. The summed E-state index contributed by atoms with van der Waals surface area (Å²) in [4.78, 5) is 28.5. The van der Waals surface area contributed by atoms with Crippen molar-refractivity contribution >= 4 is 41.8 Å². The minimum Gasteiger partial charge on any atom is -0.370 e. The van der Waals surface area contributed by atoms with Gasteiger partial charge in [0.2, 0.25) is 11.9 Å². The van der Waals surface area contributed by atoms with E-state index in [2.05, 4.69) is 25.2 Å². The first-order valence-electron chi connectivity index (χ1n) is 8.06. The third-order valence-corrected chi connectivity index (χ3v) is 4.11. The van der Waals surface area contributed by atoms with Gasteiger partial charge in [0.05, 0.1) is 0 Å². The highest BCUT2D eigenvalue weighted by Gasteiger charge is 2.22. The third kappa shape index (κ3) is 5.46. The van der Waals surface area contributed by atoms with Gasteiger partial charge in [-0.3, -0.25) is 4.79 Å². The van der Waals surface area contributed by atoms with E-state index >= 15 is 0 Å². The number of nitrogens with two attached hydrogens (primary N) is 1. The van der Waals surface area contributed by atoms with E-state index < -0.39 is 0 Å². The number of aromatic nitrogens is 2. The zero-order chi connectivity index (χ0) is 16.1. The summed E-state index contributed by atoms with van der Waals surface area (Å²) in [6.45, 7) is 3.93. The largest absolute Gasteiger partial charge is 0.370 e. The van der Waals surface area contributed by atoms with E-state index in [1.54, 1.807) is 18.5 Å². The van der Waals surface area contributed by atoms with Crippen molar-refractivity contribution in [2.75, 3.05) is 44.2 Å². The van der Waals surface area contributed by atoms with Crippen molar-refractivity contribution in [3.8, 4) is 0 Å². The fraction of sp³-hybridized carbons (Fsp3) is 0.600. The Kier molecular flexibility index (Phi) is 7.00. The van der Waals surface area contributed by atoms with Gasteiger partial charge in [-0.2, -0.15) is 0 Å². The number of anilines is 1. The van der Waals surface area contributed by atoms with Crippen molar-refractivity contribution in [1.29, 1.82) is 0 Å². The van der Waals surface area contributed by atoms with E-state index in [9.17, 15) is 4.79 Å². The van der Waals surface area contributed by atoms with E-state index in [1.807, 2.05) is 4.90 Å². The van der Waals surface area contributed by atoms with Gasteiger partial charge >= 0.3 is 0 Å². The van der Waals surface area contributed by atoms with Gasteiger partial charge in [-0.1, -0.05) is 0 Å². The Morgan fingerprint density at radius 3 is 2.54 bits per heavy atom. The molecular weight excluding hydrogens is 421 g/mol. The monoisotopic (exact) mass is 445 g/mol. The van der Waals surface area contributed by atoms with Crippen LogP contribution in [0.2, 0.25) is 0 Å². The molecule has 1 amide bonds. The summed E-state index contributed by atoms with van der Waals surface area (Å²) in [6.07, 6.45) is 5.93. The van der Waals surface area contributed by atoms with Crippen LogP contribution in [-0.4, -0.2) is 66.0 Å². The second-order valence-corrected chi connectivity index (χ2v) is 5.94. The van der Waals surface area contributed by atoms with Crippen LogP contribution in [0.5, 0.6) is 0 Å². The predicted octanol–water partition coefficient (Wildman–Crippen LogP) is 0.0575. The van der Waals surface area contributed by atoms with Crippen LogP contribution < -0.4 is 16.0 Å². The number of amides is 1. The molecule has 8 nitrogen and oxygen atoms in total. The maximum atomic E-state index is 11.7. The molecule has 9 heteroatoms. The zero-order valence-electron chi connectivity index (χ0n) is 13.6. The molecule has 3 N–H and O–H groups in total. The Bertz CT molecular complexity index is 556. The molecule has 1 saturated heterocycles. The quantitative estimate of drug-likeness (QED) is 0.378. The van der Waals surface area contributed by atoms with Gasteiger partial charge in [0.15, 0.2) is 5.96 Å². The zero-order valence-corrected chi connectivity index (χ0v) is 15.9. The number of halogens is 1. The number of carbonyl (C=O) groups is 1. The lowest BCUT2D eigenvalue weighted by Crippen LogP contribution is -2.51. The number of rotatable bonds is 5. The number of aliphatic imine (C=N–C) groups is 1. The van der Waals surface area contributed by atoms with Crippen molar-refractivity contribution in [3.63, 3.8) is 0 Å². The second kappa shape index (κ2) is 9.00. The number of nitrogens with one attached hydrogen (secondary N) is 1. The molecule has 1 aliphatic heterocycles. The molecule has 0 aromatic carbocycles. The van der Waals surface area contributed by atoms with Crippen LogP contribution in [0.4, 0.5) is 5.95 Å². The minimum atomic E-state index is -0.0591. The molecule has 0 radical (unpaired) electrons. The van der Waals surface area contributed by atoms with Gasteiger partial charge in [-0.25, -0.2) is 15.0 Å². The van der Waals surface area contributed by atoms with Crippen LogP contribution in [0.15, 0.2) is 23.5 Å². The number of piperazine rings is 1. The van der Waals surface area contributed by atoms with Gasteiger partial charge in [0, 0.05) is 45.1 Å². The summed E-state index contributed by atoms with van der Waals surface area (Å²) >= 11 is 0. The first kappa shape index (κ1) is 18.7. The molecule has 132 valence electrons. The topological polar surface area (TPSA) is 99.7 Å². The van der Waals surface area contributed by atoms with E-state index in [4.69, 9.17) is 5.73 Å². The molecule has 0 unspecified atom stereocenters. The van der Waals surface area contributed by atoms with Crippen molar-refractivity contribution in [2.45, 2.75) is 12.8 Å². The normalized spacial score (nSPS) is 18.1. The Balaban J connectivity index is 0.00000208. The SMILES string of the molecule is I.NC(=NCC(=O)NCC1CC1)N1CCN(c2ncccn2)CC1. The Morgan fingerprint density at radius 1 is 1.25 bits per heavy atom. The maximum Gasteiger partial charge on any atom is 0.241 e. The Labute approximate surface area is 158 Å². The molecule has 2 fully saturated rings. The van der Waals surface area contributed by atoms with Crippen LogP contribution >= 0.6 is 24.0 Å². The summed E-state index contributed by atoms with van der Waals surface area (Å²) in [5.41, 5.74) is 6.00. The molecular formula is C15H24IN7O. The van der Waals surface area contributed by atoms with Gasteiger partial charge in [-0.15, -0.1) is 24.0 Å². The van der Waals surface area contributed by atoms with Crippen molar-refractivity contribution < 1.29 is 4.79 Å². The van der Waals surface area contributed by atoms with E-state index in [0.717, 1.165) is 38.7 Å². The molecule has 1 aromatic heterocycles. The Hall–Kier alpha value is -1.65. The molecule has 2 heterocycles. The summed E-state index contributed by atoms with van der Waals surface area (Å²) < 4.78 is 0. The molecule has 3 rings (SSSR count). The van der Waals surface area contributed by atoms with E-state index in [-0.39, 0.29) is 36.4 Å². The number of carbonyl (C=O) groups excluding carboxylic acids is 1. The molecule has 1 saturated carbocycles. The van der Waals surface area contributed by atoms with Gasteiger partial charge < -0.3 is 20.9 Å². The lowest BCUT2D eigenvalue weighted by Gasteiger charge is -2.35. The van der Waals surface area contributed by atoms with Crippen molar-refractivity contribution in [1.82, 2.24) is 20.2 Å². The molecule has 1 aromatic rings. The summed E-state index contributed by atoms with van der Waals surface area (Å²) in [5, 5.41) is 2.89. The molecule has 0 spiro atoms. The average molecular weight is 445 g/mol. The van der Waals surface area contributed by atoms with E-state index in [1.165, 1.54) is 12.8 Å². The highest BCUT2D eigenvalue weighted by Crippen LogP contribution is 2.27. The van der Waals surface area contributed by atoms with E-state index in [0.29, 0.717) is 11.9 Å². The summed E-state index contributed by atoms with van der Waals surface area (Å²) in [7, 11) is 0. The predicted molar refractivity (Wildman–Crippen MR) is 103 cm³/mol. The number of nitrogens with zero attached hydrogens (tertiary/aromatic N) is 5. The molecule has 2 aliphatic rings. The van der Waals surface area contributed by atoms with Crippen LogP contribution in [-0.2, 0) is 4.79 Å². The lowest BCUT2D eigenvalue weighted by atomic mass is 10.3. The van der Waals surface area contributed by atoms with Crippen LogP contribution in [0.3, 0.4) is 0 Å². The molecule has 1 aliphatic carbocycles. The van der Waals surface area contributed by atoms with Gasteiger partial charge in [0.25, 0.3) is 0 Å². The summed E-state index contributed by atoms with van der Waals surface area (Å²) in [6, 6.07) is 1.80. The lowest BCUT2D eigenvalue weighted by molar-refractivity contribution is -0.119. The van der Waals surface area contributed by atoms with Crippen molar-refractivity contribution in [3.05, 3.63) is 18.5 Å². The maximum absolute atomic E-state index is 11.7. The van der Waals surface area contributed by atoms with Crippen LogP contribution in [0, 0.1) is 5.92 Å². The average Bonchev–Trinajstić information content (AvgIpc) is 3.43. The fourth-order valence-corrected chi connectivity index (χ4v) is 2.48. The smallest absolute Gasteiger partial charge is 0.241 e. The third-order valence-electron chi connectivity index (χ3n) is 4.11. The number of guanidine groups is 1. The second-order valence-electron chi connectivity index (χ2n) is 5.94. The first-order valence-corrected chi connectivity index (χ1v) is 8.06. The highest BCUT2D eigenvalue weighted by molar-refractivity contribution is 14.0. The standard InChI is InChI=1S/C15H23N7O.HI/c16-14(20-11-13(23)19-10-12-2-3-12)21-6-8-22(9-7-21)15-17-4-1-5-18-15;/h1,4-5,12H,2-3,6-11H2,(H2,16,20)(H,19,23);1H. The molecule has 0 atom stereocenters. The minimum absolute atomic E-state index is 0. The molecule has 24 heavy (non-hydrogen) atoms. The fourth-order valence-electron chi connectivity index (χ4n) is 2.48. The number of hydrogen-bond acceptors (Lipinski definition) is 5. The van der Waals surface area contributed by atoms with Gasteiger partial charge in [0.1, 0.15) is 6.54 Å².